The number of rotatable bonds is 10. The Morgan fingerprint density at radius 1 is 1.11 bits per heavy atom. The maximum absolute atomic E-state index is 12.3. The molecule has 28 heavy (non-hydrogen) atoms. The second-order valence-corrected chi connectivity index (χ2v) is 20.8. The smallest absolute Gasteiger partial charge is 0.330 e. The first-order chi connectivity index (χ1) is 12.5. The quantitative estimate of drug-likeness (QED) is 0.203. The fourth-order valence-electron chi connectivity index (χ4n) is 2.64. The van der Waals surface area contributed by atoms with Gasteiger partial charge in [-0.1, -0.05) is 46.0 Å². The van der Waals surface area contributed by atoms with Gasteiger partial charge in [-0.3, -0.25) is 0 Å². The number of hydrogen-bond donors (Lipinski definition) is 1. The molecule has 0 aliphatic heterocycles. The summed E-state index contributed by atoms with van der Waals surface area (Å²) in [5.74, 6) is -0.303. The lowest BCUT2D eigenvalue weighted by Crippen LogP contribution is -2.45. The average molecular weight is 429 g/mol. The molecule has 0 saturated carbocycles. The zero-order valence-corrected chi connectivity index (χ0v) is 22.2. The molecule has 0 bridgehead atoms. The Balaban J connectivity index is 6.22. The number of ether oxygens (including phenoxy) is 1. The molecule has 0 aliphatic rings. The third-order valence-electron chi connectivity index (χ3n) is 5.31. The molecule has 0 rings (SSSR count). The summed E-state index contributed by atoms with van der Waals surface area (Å²) in [5, 5.41) is 9.94. The first-order valence-electron chi connectivity index (χ1n) is 10.3. The average Bonchev–Trinajstić information content (AvgIpc) is 2.47. The first-order valence-corrected chi connectivity index (χ1v) is 17.0. The molecule has 164 valence electrons. The fraction of sp³-hybridized carbons (Fsp3) is 0.773. The number of carbonyl (C=O) groups is 1. The summed E-state index contributed by atoms with van der Waals surface area (Å²) in [7, 11) is -3.57. The Hall–Kier alpha value is -0.696. The molecule has 0 spiro atoms. The highest BCUT2D eigenvalue weighted by atomic mass is 28.4. The van der Waals surface area contributed by atoms with E-state index in [9.17, 15) is 9.90 Å². The van der Waals surface area contributed by atoms with Crippen LogP contribution in [0.2, 0.25) is 43.8 Å². The molecule has 0 amide bonds. The molecule has 4 nitrogen and oxygen atoms in total. The van der Waals surface area contributed by atoms with Crippen LogP contribution in [0.25, 0.3) is 0 Å². The zero-order valence-electron chi connectivity index (χ0n) is 20.2. The van der Waals surface area contributed by atoms with Crippen molar-refractivity contribution in [2.45, 2.75) is 97.9 Å². The van der Waals surface area contributed by atoms with Crippen LogP contribution in [0.15, 0.2) is 22.8 Å². The van der Waals surface area contributed by atoms with Crippen LogP contribution < -0.4 is 0 Å². The summed E-state index contributed by atoms with van der Waals surface area (Å²) in [4.78, 5) is 12.3. The Bertz CT molecular complexity index is 574. The SMILES string of the molecule is CCOC(=O)/C=C(\C[Si](C)(C)C)C(CC(CO)=C(C)C)O[Si](C)(C)C(C)(C)C. The molecule has 1 N–H and O–H groups in total. The molecule has 0 aromatic rings. The van der Waals surface area contributed by atoms with Gasteiger partial charge in [0.05, 0.1) is 19.3 Å². The van der Waals surface area contributed by atoms with Crippen LogP contribution in [0.1, 0.15) is 48.0 Å². The molecule has 1 unspecified atom stereocenters. The number of carbonyl (C=O) groups excluding carboxylic acids is 1. The lowest BCUT2D eigenvalue weighted by Gasteiger charge is -2.41. The Morgan fingerprint density at radius 2 is 1.64 bits per heavy atom. The van der Waals surface area contributed by atoms with E-state index in [1.807, 2.05) is 20.8 Å². The lowest BCUT2D eigenvalue weighted by molar-refractivity contribution is -0.137. The van der Waals surface area contributed by atoms with Crippen molar-refractivity contribution < 1.29 is 19.1 Å². The molecule has 1 atom stereocenters. The van der Waals surface area contributed by atoms with Gasteiger partial charge in [-0.15, -0.1) is 0 Å². The van der Waals surface area contributed by atoms with Crippen molar-refractivity contribution in [2.75, 3.05) is 13.2 Å². The van der Waals surface area contributed by atoms with Crippen molar-refractivity contribution in [2.24, 2.45) is 0 Å². The van der Waals surface area contributed by atoms with Gasteiger partial charge in [-0.05, 0) is 62.5 Å². The third kappa shape index (κ3) is 9.68. The zero-order chi connectivity index (χ0) is 22.3. The number of aliphatic hydroxyl groups excluding tert-OH is 1. The predicted octanol–water partition coefficient (Wildman–Crippen LogP) is 5.92. The van der Waals surface area contributed by atoms with Crippen molar-refractivity contribution >= 4 is 22.4 Å². The van der Waals surface area contributed by atoms with Crippen molar-refractivity contribution in [3.63, 3.8) is 0 Å². The molecule has 0 heterocycles. The number of aliphatic hydroxyl groups is 1. The van der Waals surface area contributed by atoms with E-state index in [1.54, 1.807) is 6.08 Å². The molecular formula is C22H44O4Si2. The van der Waals surface area contributed by atoms with Crippen molar-refractivity contribution in [1.82, 2.24) is 0 Å². The summed E-state index contributed by atoms with van der Waals surface area (Å²) in [6, 6.07) is 0.868. The standard InChI is InChI=1S/C22H44O4Si2/c1-12-25-21(24)14-19(16-27(7,8)9)20(13-18(15-23)17(2)3)26-28(10,11)22(4,5)6/h14,20,23H,12-13,15-16H2,1-11H3/b19-14+. The molecule has 6 heteroatoms. The Morgan fingerprint density at radius 3 is 2.00 bits per heavy atom. The van der Waals surface area contributed by atoms with Gasteiger partial charge in [0.2, 0.25) is 0 Å². The molecule has 0 fully saturated rings. The maximum atomic E-state index is 12.3. The normalized spacial score (nSPS) is 14.6. The van der Waals surface area contributed by atoms with E-state index in [2.05, 4.69) is 53.5 Å². The van der Waals surface area contributed by atoms with Crippen molar-refractivity contribution in [1.29, 1.82) is 0 Å². The summed E-state index contributed by atoms with van der Waals surface area (Å²) in [6.45, 7) is 24.2. The highest BCUT2D eigenvalue weighted by molar-refractivity contribution is 6.76. The van der Waals surface area contributed by atoms with Crippen LogP contribution in [0, 0.1) is 0 Å². The Labute approximate surface area is 175 Å². The summed E-state index contributed by atoms with van der Waals surface area (Å²) >= 11 is 0. The highest BCUT2D eigenvalue weighted by Crippen LogP contribution is 2.40. The number of esters is 1. The minimum absolute atomic E-state index is 0.0132. The Kier molecular flexibility index (Phi) is 10.6. The van der Waals surface area contributed by atoms with E-state index in [4.69, 9.17) is 9.16 Å². The second kappa shape index (κ2) is 10.9. The third-order valence-corrected chi connectivity index (χ3v) is 11.3. The second-order valence-electron chi connectivity index (χ2n) is 10.5. The van der Waals surface area contributed by atoms with E-state index in [0.29, 0.717) is 13.0 Å². The lowest BCUT2D eigenvalue weighted by atomic mass is 9.99. The van der Waals surface area contributed by atoms with E-state index in [-0.39, 0.29) is 23.7 Å². The summed E-state index contributed by atoms with van der Waals surface area (Å²) < 4.78 is 12.0. The molecule has 0 saturated heterocycles. The molecule has 0 aliphatic carbocycles. The van der Waals surface area contributed by atoms with Crippen LogP contribution in [0.4, 0.5) is 0 Å². The van der Waals surface area contributed by atoms with Crippen LogP contribution >= 0.6 is 0 Å². The largest absolute Gasteiger partial charge is 0.463 e. The molecule has 0 aromatic carbocycles. The number of allylic oxidation sites excluding steroid dienone is 1. The van der Waals surface area contributed by atoms with Gasteiger partial charge >= 0.3 is 5.97 Å². The van der Waals surface area contributed by atoms with Crippen LogP contribution in [0.3, 0.4) is 0 Å². The maximum Gasteiger partial charge on any atom is 0.330 e. The van der Waals surface area contributed by atoms with Crippen LogP contribution in [-0.2, 0) is 14.0 Å². The number of hydrogen-bond acceptors (Lipinski definition) is 4. The molecule has 0 radical (unpaired) electrons. The minimum atomic E-state index is -2.07. The van der Waals surface area contributed by atoms with E-state index in [1.165, 1.54) is 0 Å². The fourth-order valence-corrected chi connectivity index (χ4v) is 5.49. The minimum Gasteiger partial charge on any atom is -0.463 e. The highest BCUT2D eigenvalue weighted by Gasteiger charge is 2.40. The van der Waals surface area contributed by atoms with Gasteiger partial charge in [0.25, 0.3) is 0 Å². The predicted molar refractivity (Wildman–Crippen MR) is 125 cm³/mol. The van der Waals surface area contributed by atoms with Crippen molar-refractivity contribution in [3.05, 3.63) is 22.8 Å². The van der Waals surface area contributed by atoms with Gasteiger partial charge in [-0.2, -0.15) is 0 Å². The van der Waals surface area contributed by atoms with E-state index >= 15 is 0 Å². The van der Waals surface area contributed by atoms with Gasteiger partial charge in [0.1, 0.15) is 0 Å². The van der Waals surface area contributed by atoms with E-state index < -0.39 is 16.4 Å². The summed E-state index contributed by atoms with van der Waals surface area (Å²) in [5.41, 5.74) is 3.10. The van der Waals surface area contributed by atoms with Crippen LogP contribution in [-0.4, -0.2) is 46.8 Å². The topological polar surface area (TPSA) is 55.8 Å². The van der Waals surface area contributed by atoms with Gasteiger partial charge in [0, 0.05) is 14.1 Å². The first kappa shape index (κ1) is 27.3. The summed E-state index contributed by atoms with van der Waals surface area (Å²) in [6.07, 6.45) is 2.05. The monoisotopic (exact) mass is 428 g/mol. The van der Waals surface area contributed by atoms with Gasteiger partial charge < -0.3 is 14.3 Å². The molecule has 0 aromatic heterocycles. The van der Waals surface area contributed by atoms with Gasteiger partial charge in [-0.25, -0.2) is 4.79 Å². The van der Waals surface area contributed by atoms with E-state index in [0.717, 1.165) is 22.8 Å². The molecular weight excluding hydrogens is 384 g/mol. The van der Waals surface area contributed by atoms with Crippen molar-refractivity contribution in [3.8, 4) is 0 Å². The van der Waals surface area contributed by atoms with Gasteiger partial charge in [0.15, 0.2) is 8.32 Å². The van der Waals surface area contributed by atoms with Crippen LogP contribution in [0.5, 0.6) is 0 Å².